The van der Waals surface area contributed by atoms with Gasteiger partial charge in [-0.05, 0) is 18.2 Å². The molecule has 0 saturated carbocycles. The summed E-state index contributed by atoms with van der Waals surface area (Å²) in [5, 5.41) is 0. The number of hydrogen-bond acceptors (Lipinski definition) is 3. The summed E-state index contributed by atoms with van der Waals surface area (Å²) in [5.41, 5.74) is 3.01. The molecule has 1 fully saturated rings. The molecule has 1 aromatic heterocycles. The highest BCUT2D eigenvalue weighted by Crippen LogP contribution is 2.29. The second-order valence-electron chi connectivity index (χ2n) is 5.21. The van der Waals surface area contributed by atoms with E-state index in [0.717, 1.165) is 55.5 Å². The molecular formula is C18H21N3O. The Kier molecular flexibility index (Phi) is 4.81. The van der Waals surface area contributed by atoms with E-state index in [1.807, 2.05) is 36.5 Å². The zero-order chi connectivity index (χ0) is 15.2. The summed E-state index contributed by atoms with van der Waals surface area (Å²) in [7, 11) is 0. The summed E-state index contributed by atoms with van der Waals surface area (Å²) in [6, 6.07) is 14.1. The Morgan fingerprint density at radius 3 is 2.64 bits per heavy atom. The van der Waals surface area contributed by atoms with Gasteiger partial charge in [-0.2, -0.15) is 0 Å². The third kappa shape index (κ3) is 3.34. The van der Waals surface area contributed by atoms with E-state index in [1.54, 1.807) is 0 Å². The van der Waals surface area contributed by atoms with Crippen LogP contribution in [0.4, 0.5) is 5.69 Å². The molecule has 22 heavy (non-hydrogen) atoms. The highest BCUT2D eigenvalue weighted by atomic mass is 16.5. The van der Waals surface area contributed by atoms with Crippen LogP contribution in [0.5, 0.6) is 0 Å². The van der Waals surface area contributed by atoms with Gasteiger partial charge in [-0.1, -0.05) is 31.2 Å². The zero-order valence-electron chi connectivity index (χ0n) is 12.9. The van der Waals surface area contributed by atoms with E-state index in [1.165, 1.54) is 0 Å². The van der Waals surface area contributed by atoms with Gasteiger partial charge in [0.15, 0.2) is 0 Å². The van der Waals surface area contributed by atoms with Crippen molar-refractivity contribution in [1.82, 2.24) is 9.88 Å². The average molecular weight is 295 g/mol. The third-order valence-electron chi connectivity index (χ3n) is 3.79. The molecule has 0 bridgehead atoms. The highest BCUT2D eigenvalue weighted by Gasteiger charge is 2.14. The van der Waals surface area contributed by atoms with Crippen LogP contribution in [0.3, 0.4) is 0 Å². The van der Waals surface area contributed by atoms with Crippen molar-refractivity contribution >= 4 is 11.5 Å². The van der Waals surface area contributed by atoms with Crippen LogP contribution in [0, 0.1) is 0 Å². The van der Waals surface area contributed by atoms with Crippen molar-refractivity contribution in [3.63, 3.8) is 0 Å². The molecule has 2 aromatic rings. The third-order valence-corrected chi connectivity index (χ3v) is 3.79. The van der Waals surface area contributed by atoms with Crippen molar-refractivity contribution < 1.29 is 4.74 Å². The lowest BCUT2D eigenvalue weighted by molar-refractivity contribution is 0.0673. The van der Waals surface area contributed by atoms with Crippen LogP contribution >= 0.6 is 0 Å². The predicted octanol–water partition coefficient (Wildman–Crippen LogP) is 3.52. The Morgan fingerprint density at radius 2 is 1.91 bits per heavy atom. The van der Waals surface area contributed by atoms with Gasteiger partial charge in [0.1, 0.15) is 5.84 Å². The number of para-hydroxylation sites is 1. The number of aliphatic imine (C=N–C) groups is 1. The molecular weight excluding hydrogens is 274 g/mol. The summed E-state index contributed by atoms with van der Waals surface area (Å²) in [4.78, 5) is 11.7. The summed E-state index contributed by atoms with van der Waals surface area (Å²) in [6.07, 6.45) is 2.73. The molecule has 0 unspecified atom stereocenters. The summed E-state index contributed by atoms with van der Waals surface area (Å²) >= 11 is 0. The van der Waals surface area contributed by atoms with Gasteiger partial charge < -0.3 is 9.64 Å². The van der Waals surface area contributed by atoms with E-state index in [0.29, 0.717) is 0 Å². The zero-order valence-corrected chi connectivity index (χ0v) is 12.9. The number of aromatic nitrogens is 1. The molecule has 4 nitrogen and oxygen atoms in total. The summed E-state index contributed by atoms with van der Waals surface area (Å²) in [5.74, 6) is 1.12. The predicted molar refractivity (Wildman–Crippen MR) is 89.5 cm³/mol. The molecule has 0 spiro atoms. The van der Waals surface area contributed by atoms with Gasteiger partial charge in [-0.25, -0.2) is 4.99 Å². The normalized spacial score (nSPS) is 15.9. The number of morpholine rings is 1. The maximum absolute atomic E-state index is 5.43. The largest absolute Gasteiger partial charge is 0.378 e. The first-order valence-electron chi connectivity index (χ1n) is 7.79. The lowest BCUT2D eigenvalue weighted by atomic mass is 10.1. The molecule has 0 atom stereocenters. The van der Waals surface area contributed by atoms with Crippen LogP contribution in [-0.2, 0) is 4.74 Å². The number of pyridine rings is 1. The fraction of sp³-hybridized carbons (Fsp3) is 0.333. The van der Waals surface area contributed by atoms with Gasteiger partial charge >= 0.3 is 0 Å². The molecule has 114 valence electrons. The van der Waals surface area contributed by atoms with Crippen molar-refractivity contribution in [2.24, 2.45) is 4.99 Å². The van der Waals surface area contributed by atoms with Gasteiger partial charge in [-0.15, -0.1) is 0 Å². The van der Waals surface area contributed by atoms with E-state index in [2.05, 4.69) is 28.9 Å². The molecule has 1 saturated heterocycles. The summed E-state index contributed by atoms with van der Waals surface area (Å²) in [6.45, 7) is 5.54. The first-order valence-corrected chi connectivity index (χ1v) is 7.79. The summed E-state index contributed by atoms with van der Waals surface area (Å²) < 4.78 is 5.43. The van der Waals surface area contributed by atoms with Gasteiger partial charge in [0.05, 0.1) is 24.6 Å². The van der Waals surface area contributed by atoms with Crippen molar-refractivity contribution in [2.75, 3.05) is 26.3 Å². The Hall–Kier alpha value is -2.20. The molecule has 4 heteroatoms. The van der Waals surface area contributed by atoms with Gasteiger partial charge in [-0.3, -0.25) is 4.98 Å². The second kappa shape index (κ2) is 7.18. The van der Waals surface area contributed by atoms with E-state index < -0.39 is 0 Å². The number of hydrogen-bond donors (Lipinski definition) is 0. The monoisotopic (exact) mass is 295 g/mol. The van der Waals surface area contributed by atoms with E-state index in [4.69, 9.17) is 9.73 Å². The topological polar surface area (TPSA) is 37.7 Å². The van der Waals surface area contributed by atoms with Crippen LogP contribution in [0.15, 0.2) is 53.7 Å². The Labute approximate surface area is 131 Å². The van der Waals surface area contributed by atoms with Crippen LogP contribution in [0.2, 0.25) is 0 Å². The molecule has 2 heterocycles. The number of ether oxygens (including phenoxy) is 1. The minimum Gasteiger partial charge on any atom is -0.378 e. The van der Waals surface area contributed by atoms with Crippen LogP contribution in [0.1, 0.15) is 13.3 Å². The van der Waals surface area contributed by atoms with Crippen molar-refractivity contribution in [1.29, 1.82) is 0 Å². The molecule has 0 radical (unpaired) electrons. The van der Waals surface area contributed by atoms with Crippen LogP contribution < -0.4 is 0 Å². The average Bonchev–Trinajstić information content (AvgIpc) is 2.61. The fourth-order valence-corrected chi connectivity index (χ4v) is 2.64. The van der Waals surface area contributed by atoms with Crippen molar-refractivity contribution in [2.45, 2.75) is 13.3 Å². The van der Waals surface area contributed by atoms with Crippen molar-refractivity contribution in [3.05, 3.63) is 48.7 Å². The number of benzene rings is 1. The quantitative estimate of drug-likeness (QED) is 0.642. The molecule has 1 aliphatic rings. The minimum absolute atomic E-state index is 0.779. The number of rotatable bonds is 3. The lowest BCUT2D eigenvalue weighted by Gasteiger charge is -2.29. The molecule has 0 aliphatic carbocycles. The Balaban J connectivity index is 1.95. The maximum atomic E-state index is 5.43. The minimum atomic E-state index is 0.779. The van der Waals surface area contributed by atoms with E-state index >= 15 is 0 Å². The van der Waals surface area contributed by atoms with Crippen LogP contribution in [0.25, 0.3) is 11.3 Å². The highest BCUT2D eigenvalue weighted by molar-refractivity contribution is 5.87. The number of nitrogens with zero attached hydrogens (tertiary/aromatic N) is 3. The molecule has 0 N–H and O–H groups in total. The van der Waals surface area contributed by atoms with Gasteiger partial charge in [0, 0.05) is 31.3 Å². The Bertz CT molecular complexity index is 634. The molecule has 1 aliphatic heterocycles. The molecule has 0 amide bonds. The second-order valence-corrected chi connectivity index (χ2v) is 5.21. The van der Waals surface area contributed by atoms with E-state index in [-0.39, 0.29) is 0 Å². The smallest absolute Gasteiger partial charge is 0.105 e. The van der Waals surface area contributed by atoms with Gasteiger partial charge in [0.2, 0.25) is 0 Å². The fourth-order valence-electron chi connectivity index (χ4n) is 2.64. The molecule has 3 rings (SSSR count). The first kappa shape index (κ1) is 14.7. The van der Waals surface area contributed by atoms with E-state index in [9.17, 15) is 0 Å². The van der Waals surface area contributed by atoms with Gasteiger partial charge in [0.25, 0.3) is 0 Å². The van der Waals surface area contributed by atoms with Crippen molar-refractivity contribution in [3.8, 4) is 11.3 Å². The first-order chi connectivity index (χ1) is 10.9. The lowest BCUT2D eigenvalue weighted by Crippen LogP contribution is -2.40. The SMILES string of the molecule is CCC(=Nc1ccccc1-c1ccccn1)N1CCOCC1. The number of amidine groups is 1. The van der Waals surface area contributed by atoms with Crippen LogP contribution in [-0.4, -0.2) is 42.0 Å². The molecule has 1 aromatic carbocycles. The standard InChI is InChI=1S/C18H21N3O/c1-2-18(21-11-13-22-14-12-21)20-17-9-4-3-7-15(17)16-8-5-6-10-19-16/h3-10H,2,11-14H2,1H3. The maximum Gasteiger partial charge on any atom is 0.105 e. The Morgan fingerprint density at radius 1 is 1.14 bits per heavy atom.